The van der Waals surface area contributed by atoms with Crippen molar-refractivity contribution in [3.05, 3.63) is 26.3 Å². The monoisotopic (exact) mass is 288 g/mol. The summed E-state index contributed by atoms with van der Waals surface area (Å²) >= 11 is 3.27. The summed E-state index contributed by atoms with van der Waals surface area (Å²) in [7, 11) is 1.59. The van der Waals surface area contributed by atoms with Crippen molar-refractivity contribution < 1.29 is 4.74 Å². The Kier molecular flexibility index (Phi) is 3.91. The third kappa shape index (κ3) is 2.71. The summed E-state index contributed by atoms with van der Waals surface area (Å²) in [4.78, 5) is 18.9. The van der Waals surface area contributed by atoms with E-state index in [0.717, 1.165) is 5.69 Å². The van der Waals surface area contributed by atoms with Crippen LogP contribution in [0, 0.1) is 0 Å². The number of aromatic amines is 1. The summed E-state index contributed by atoms with van der Waals surface area (Å²) in [5.41, 5.74) is 0.393. The van der Waals surface area contributed by atoms with Crippen molar-refractivity contribution in [2.24, 2.45) is 0 Å². The fraction of sp³-hybridized carbons (Fsp3) is 0.636. The van der Waals surface area contributed by atoms with Crippen molar-refractivity contribution >= 4 is 15.9 Å². The quantitative estimate of drug-likeness (QED) is 0.910. The Balaban J connectivity index is 3.40. The van der Waals surface area contributed by atoms with Crippen molar-refractivity contribution in [1.29, 1.82) is 0 Å². The van der Waals surface area contributed by atoms with Crippen LogP contribution in [-0.2, 0) is 10.2 Å². The van der Waals surface area contributed by atoms with Crippen LogP contribution in [0.1, 0.15) is 45.3 Å². The topological polar surface area (TPSA) is 55.0 Å². The number of ether oxygens (including phenoxy) is 1. The molecule has 0 fully saturated rings. The molecular weight excluding hydrogens is 272 g/mol. The zero-order valence-corrected chi connectivity index (χ0v) is 11.8. The molecule has 90 valence electrons. The second-order valence-corrected chi connectivity index (χ2v) is 5.53. The molecule has 1 atom stereocenters. The average Bonchev–Trinajstić information content (AvgIpc) is 2.18. The molecule has 0 radical (unpaired) electrons. The molecule has 1 unspecified atom stereocenters. The summed E-state index contributed by atoms with van der Waals surface area (Å²) in [6.07, 6.45) is -0.220. The lowest BCUT2D eigenvalue weighted by Crippen LogP contribution is -2.24. The number of nitrogens with zero attached hydrogens (tertiary/aromatic N) is 1. The van der Waals surface area contributed by atoms with Crippen LogP contribution in [0.25, 0.3) is 0 Å². The van der Waals surface area contributed by atoms with Gasteiger partial charge >= 0.3 is 0 Å². The number of methoxy groups -OCH3 is 1. The Labute approximate surface area is 104 Å². The molecule has 0 aliphatic rings. The Morgan fingerprint density at radius 3 is 2.44 bits per heavy atom. The maximum atomic E-state index is 11.7. The molecule has 0 bridgehead atoms. The normalized spacial score (nSPS) is 13.9. The van der Waals surface area contributed by atoms with Gasteiger partial charge in [0.05, 0.1) is 5.69 Å². The minimum absolute atomic E-state index is 0.168. The number of nitrogens with one attached hydrogen (secondary N) is 1. The molecule has 0 saturated carbocycles. The number of H-pyrrole nitrogens is 1. The summed E-state index contributed by atoms with van der Waals surface area (Å²) in [6, 6.07) is 0. The van der Waals surface area contributed by atoms with Crippen molar-refractivity contribution in [2.75, 3.05) is 7.11 Å². The van der Waals surface area contributed by atoms with Gasteiger partial charge in [-0.15, -0.1) is 0 Å². The second-order valence-electron chi connectivity index (χ2n) is 4.74. The van der Waals surface area contributed by atoms with Gasteiger partial charge < -0.3 is 9.72 Å². The number of hydrogen-bond acceptors (Lipinski definition) is 3. The van der Waals surface area contributed by atoms with Gasteiger partial charge in [-0.25, -0.2) is 4.98 Å². The van der Waals surface area contributed by atoms with Crippen LogP contribution in [0.4, 0.5) is 0 Å². The molecule has 1 N–H and O–H groups in total. The number of aromatic nitrogens is 2. The van der Waals surface area contributed by atoms with Gasteiger partial charge in [-0.1, -0.05) is 20.8 Å². The fourth-order valence-electron chi connectivity index (χ4n) is 1.28. The molecule has 1 aromatic rings. The number of halogens is 1. The summed E-state index contributed by atoms with van der Waals surface area (Å²) in [5, 5.41) is 0. The van der Waals surface area contributed by atoms with E-state index >= 15 is 0 Å². The fourth-order valence-corrected chi connectivity index (χ4v) is 2.06. The maximum Gasteiger partial charge on any atom is 0.265 e. The van der Waals surface area contributed by atoms with Crippen molar-refractivity contribution in [1.82, 2.24) is 9.97 Å². The molecule has 0 amide bonds. The first kappa shape index (κ1) is 13.4. The van der Waals surface area contributed by atoms with Crippen LogP contribution in [-0.4, -0.2) is 17.1 Å². The average molecular weight is 289 g/mol. The minimum atomic E-state index is -0.220. The second kappa shape index (κ2) is 4.67. The predicted molar refractivity (Wildman–Crippen MR) is 66.7 cm³/mol. The third-order valence-corrected chi connectivity index (χ3v) is 3.07. The minimum Gasteiger partial charge on any atom is -0.374 e. The van der Waals surface area contributed by atoms with Gasteiger partial charge in [0.2, 0.25) is 0 Å². The van der Waals surface area contributed by atoms with Crippen LogP contribution in [0.2, 0.25) is 0 Å². The maximum absolute atomic E-state index is 11.7. The van der Waals surface area contributed by atoms with Gasteiger partial charge in [0.15, 0.2) is 0 Å². The van der Waals surface area contributed by atoms with Gasteiger partial charge in [0.1, 0.15) is 16.4 Å². The first-order valence-corrected chi connectivity index (χ1v) is 5.89. The van der Waals surface area contributed by atoms with E-state index < -0.39 is 0 Å². The first-order chi connectivity index (χ1) is 7.27. The molecular formula is C11H17BrN2O2. The van der Waals surface area contributed by atoms with E-state index in [1.54, 1.807) is 7.11 Å². The molecule has 4 nitrogen and oxygen atoms in total. The molecule has 1 heterocycles. The Bertz CT molecular complexity index is 435. The van der Waals surface area contributed by atoms with Crippen molar-refractivity contribution in [2.45, 2.75) is 39.2 Å². The van der Waals surface area contributed by atoms with Gasteiger partial charge in [-0.3, -0.25) is 4.79 Å². The molecule has 0 saturated heterocycles. The molecule has 1 aromatic heterocycles. The van der Waals surface area contributed by atoms with E-state index in [1.807, 2.05) is 27.7 Å². The predicted octanol–water partition coefficient (Wildman–Crippen LogP) is 2.54. The van der Waals surface area contributed by atoms with Crippen LogP contribution in [0.3, 0.4) is 0 Å². The lowest BCUT2D eigenvalue weighted by Gasteiger charge is -2.20. The zero-order valence-electron chi connectivity index (χ0n) is 10.2. The van der Waals surface area contributed by atoms with Crippen LogP contribution in [0.15, 0.2) is 9.27 Å². The summed E-state index contributed by atoms with van der Waals surface area (Å²) in [5.74, 6) is 0.556. The highest BCUT2D eigenvalue weighted by Gasteiger charge is 2.23. The molecule has 0 aromatic carbocycles. The Morgan fingerprint density at radius 2 is 2.00 bits per heavy atom. The van der Waals surface area contributed by atoms with E-state index in [2.05, 4.69) is 25.9 Å². The van der Waals surface area contributed by atoms with E-state index in [0.29, 0.717) is 10.3 Å². The largest absolute Gasteiger partial charge is 0.374 e. The van der Waals surface area contributed by atoms with Crippen LogP contribution >= 0.6 is 15.9 Å². The van der Waals surface area contributed by atoms with Crippen LogP contribution < -0.4 is 5.56 Å². The highest BCUT2D eigenvalue weighted by molar-refractivity contribution is 9.10. The smallest absolute Gasteiger partial charge is 0.265 e. The Morgan fingerprint density at radius 1 is 1.44 bits per heavy atom. The summed E-state index contributed by atoms with van der Waals surface area (Å²) < 4.78 is 5.64. The van der Waals surface area contributed by atoms with Crippen LogP contribution in [0.5, 0.6) is 0 Å². The molecule has 0 aliphatic heterocycles. The molecule has 0 aliphatic carbocycles. The third-order valence-electron chi connectivity index (χ3n) is 2.33. The van der Waals surface area contributed by atoms with Gasteiger partial charge in [0.25, 0.3) is 5.56 Å². The molecule has 1 rings (SSSR count). The highest BCUT2D eigenvalue weighted by Crippen LogP contribution is 2.26. The SMILES string of the molecule is COC(C)c1nc(C(C)(C)C)c(Br)c(=O)[nH]1. The summed E-state index contributed by atoms with van der Waals surface area (Å²) in [6.45, 7) is 7.89. The standard InChI is InChI=1S/C11H17BrN2O2/c1-6(16-5)9-13-8(11(2,3)4)7(12)10(15)14-9/h6H,1-5H3,(H,13,14,15). The number of hydrogen-bond donors (Lipinski definition) is 1. The van der Waals surface area contributed by atoms with E-state index in [9.17, 15) is 4.79 Å². The highest BCUT2D eigenvalue weighted by atomic mass is 79.9. The molecule has 5 heteroatoms. The van der Waals surface area contributed by atoms with Gasteiger partial charge in [0, 0.05) is 12.5 Å². The van der Waals surface area contributed by atoms with Gasteiger partial charge in [-0.2, -0.15) is 0 Å². The van der Waals surface area contributed by atoms with E-state index in [1.165, 1.54) is 0 Å². The lowest BCUT2D eigenvalue weighted by atomic mass is 9.92. The van der Waals surface area contributed by atoms with E-state index in [-0.39, 0.29) is 17.1 Å². The first-order valence-electron chi connectivity index (χ1n) is 5.10. The van der Waals surface area contributed by atoms with E-state index in [4.69, 9.17) is 4.74 Å². The zero-order chi connectivity index (χ0) is 12.5. The van der Waals surface area contributed by atoms with Crippen molar-refractivity contribution in [3.8, 4) is 0 Å². The lowest BCUT2D eigenvalue weighted by molar-refractivity contribution is 0.111. The van der Waals surface area contributed by atoms with Gasteiger partial charge in [-0.05, 0) is 22.9 Å². The number of rotatable bonds is 2. The molecule has 0 spiro atoms. The molecule has 16 heavy (non-hydrogen) atoms. The van der Waals surface area contributed by atoms with Crippen molar-refractivity contribution in [3.63, 3.8) is 0 Å². The Hall–Kier alpha value is -0.680.